The van der Waals surface area contributed by atoms with Crippen LogP contribution < -0.4 is 0 Å². The number of unbranched alkanes of at least 4 members (excludes halogenated alkanes) is 8. The lowest BCUT2D eigenvalue weighted by atomic mass is 10.1. The van der Waals surface area contributed by atoms with E-state index < -0.39 is 10.1 Å². The zero-order valence-corrected chi connectivity index (χ0v) is 15.8. The Balaban J connectivity index is 0.000000763. The van der Waals surface area contributed by atoms with Crippen LogP contribution in [0.1, 0.15) is 77.6 Å². The fourth-order valence-corrected chi connectivity index (χ4v) is 3.13. The third-order valence-corrected chi connectivity index (χ3v) is 4.45. The van der Waals surface area contributed by atoms with Gasteiger partial charge in [-0.1, -0.05) is 51.9 Å². The third-order valence-electron chi connectivity index (χ3n) is 4.45. The molecule has 1 rings (SSSR count). The van der Waals surface area contributed by atoms with Crippen molar-refractivity contribution in [2.45, 2.75) is 77.6 Å². The predicted octanol–water partition coefficient (Wildman–Crippen LogP) is 3.92. The van der Waals surface area contributed by atoms with Crippen LogP contribution in [-0.2, 0) is 10.1 Å². The van der Waals surface area contributed by atoms with E-state index in [2.05, 4.69) is 14.0 Å². The summed E-state index contributed by atoms with van der Waals surface area (Å²) in [6, 6.07) is 0. The van der Waals surface area contributed by atoms with Crippen LogP contribution in [0, 0.1) is 0 Å². The third kappa shape index (κ3) is 16.2. The van der Waals surface area contributed by atoms with Crippen molar-refractivity contribution in [1.82, 2.24) is 0 Å². The Morgan fingerprint density at radius 2 is 1.23 bits per heavy atom. The van der Waals surface area contributed by atoms with Gasteiger partial charge in [0.05, 0.1) is 36.8 Å². The maximum atomic E-state index is 9.08. The molecule has 0 bridgehead atoms. The fraction of sp³-hybridized carbons (Fsp3) is 1.00. The van der Waals surface area contributed by atoms with E-state index in [0.717, 1.165) is 0 Å². The number of nitrogens with zero attached hydrogens (tertiary/aromatic N) is 1. The Hall–Kier alpha value is -0.130. The van der Waals surface area contributed by atoms with Crippen molar-refractivity contribution in [3.05, 3.63) is 0 Å². The van der Waals surface area contributed by atoms with Crippen molar-refractivity contribution < 1.29 is 17.5 Å². The molecule has 0 atom stereocenters. The van der Waals surface area contributed by atoms with Gasteiger partial charge in [-0.15, -0.1) is 0 Å². The molecule has 0 unspecified atom stereocenters. The van der Waals surface area contributed by atoms with Gasteiger partial charge in [-0.3, -0.25) is 0 Å². The minimum atomic E-state index is -3.92. The van der Waals surface area contributed by atoms with Gasteiger partial charge in [-0.25, -0.2) is 8.42 Å². The van der Waals surface area contributed by atoms with E-state index in [-0.39, 0.29) is 0 Å². The van der Waals surface area contributed by atoms with Crippen LogP contribution in [0.5, 0.6) is 0 Å². The van der Waals surface area contributed by atoms with Gasteiger partial charge in [0.25, 0.3) is 0 Å². The normalized spacial score (nSPS) is 17.1. The summed E-state index contributed by atoms with van der Waals surface area (Å²) in [5, 5.41) is 0. The molecule has 1 fully saturated rings. The van der Waals surface area contributed by atoms with Crippen LogP contribution >= 0.6 is 0 Å². The van der Waals surface area contributed by atoms with Gasteiger partial charge >= 0.3 is 0 Å². The summed E-state index contributed by atoms with van der Waals surface area (Å²) in [5.74, 6) is 0. The number of hydrogen-bond donors (Lipinski definition) is 0. The lowest BCUT2D eigenvalue weighted by Gasteiger charge is -2.29. The second-order valence-electron chi connectivity index (χ2n) is 7.03. The zero-order valence-electron chi connectivity index (χ0n) is 15.0. The molecular formula is C17H37NO3S. The van der Waals surface area contributed by atoms with Gasteiger partial charge < -0.3 is 9.04 Å². The lowest BCUT2D eigenvalue weighted by molar-refractivity contribution is -0.897. The molecular weight excluding hydrogens is 298 g/mol. The molecule has 1 heterocycles. The standard InChI is InChI=1S/C16H34N.CH4O3S/c1-3-4-5-6-7-8-9-10-11-14-17(2)15-12-13-16-17;1-5(2,3)4/h3-16H2,1-2H3;1H3,(H,2,3,4)/q+1;/p-1. The first-order chi connectivity index (χ1) is 10.3. The van der Waals surface area contributed by atoms with Gasteiger partial charge in [-0.05, 0) is 12.8 Å². The largest absolute Gasteiger partial charge is 0.748 e. The second-order valence-corrected chi connectivity index (χ2v) is 8.44. The summed E-state index contributed by atoms with van der Waals surface area (Å²) < 4.78 is 28.6. The Labute approximate surface area is 138 Å². The predicted molar refractivity (Wildman–Crippen MR) is 92.9 cm³/mol. The van der Waals surface area contributed by atoms with E-state index in [0.29, 0.717) is 6.26 Å². The molecule has 0 aromatic heterocycles. The molecule has 4 nitrogen and oxygen atoms in total. The van der Waals surface area contributed by atoms with Crippen LogP contribution in [-0.4, -0.2) is 50.4 Å². The molecule has 0 spiro atoms. The van der Waals surface area contributed by atoms with E-state index in [4.69, 9.17) is 13.0 Å². The van der Waals surface area contributed by atoms with Gasteiger partial charge in [-0.2, -0.15) is 0 Å². The number of rotatable bonds is 10. The van der Waals surface area contributed by atoms with Crippen molar-refractivity contribution in [3.63, 3.8) is 0 Å². The second kappa shape index (κ2) is 12.3. The molecule has 1 saturated heterocycles. The lowest BCUT2D eigenvalue weighted by Crippen LogP contribution is -2.41. The Morgan fingerprint density at radius 1 is 0.864 bits per heavy atom. The van der Waals surface area contributed by atoms with Crippen molar-refractivity contribution in [3.8, 4) is 0 Å². The molecule has 0 N–H and O–H groups in total. The molecule has 0 radical (unpaired) electrons. The van der Waals surface area contributed by atoms with Crippen LogP contribution in [0.2, 0.25) is 0 Å². The number of likely N-dealkylation sites (tertiary alicyclic amines) is 1. The van der Waals surface area contributed by atoms with E-state index >= 15 is 0 Å². The summed E-state index contributed by atoms with van der Waals surface area (Å²) in [5.41, 5.74) is 0. The fourth-order valence-electron chi connectivity index (χ4n) is 3.13. The first-order valence-corrected chi connectivity index (χ1v) is 10.8. The molecule has 0 aliphatic carbocycles. The molecule has 0 saturated carbocycles. The molecule has 5 heteroatoms. The highest BCUT2D eigenvalue weighted by molar-refractivity contribution is 7.84. The van der Waals surface area contributed by atoms with Crippen LogP contribution in [0.15, 0.2) is 0 Å². The maximum absolute atomic E-state index is 9.08. The van der Waals surface area contributed by atoms with E-state index in [1.54, 1.807) is 0 Å². The summed E-state index contributed by atoms with van der Waals surface area (Å²) in [6.45, 7) is 6.62. The quantitative estimate of drug-likeness (QED) is 0.345. The van der Waals surface area contributed by atoms with Gasteiger partial charge in [0.1, 0.15) is 0 Å². The Bertz CT molecular complexity index is 341. The van der Waals surface area contributed by atoms with E-state index in [1.807, 2.05) is 0 Å². The summed E-state index contributed by atoms with van der Waals surface area (Å²) in [4.78, 5) is 0. The average molecular weight is 336 g/mol. The smallest absolute Gasteiger partial charge is 0.0916 e. The highest BCUT2D eigenvalue weighted by atomic mass is 32.2. The maximum Gasteiger partial charge on any atom is 0.0916 e. The summed E-state index contributed by atoms with van der Waals surface area (Å²) in [7, 11) is -1.46. The minimum Gasteiger partial charge on any atom is -0.748 e. The molecule has 0 aromatic rings. The van der Waals surface area contributed by atoms with Gasteiger partial charge in [0, 0.05) is 19.1 Å². The van der Waals surface area contributed by atoms with Crippen molar-refractivity contribution in [1.29, 1.82) is 0 Å². The molecule has 1 aliphatic rings. The highest BCUT2D eigenvalue weighted by Crippen LogP contribution is 2.18. The molecule has 1 aliphatic heterocycles. The van der Waals surface area contributed by atoms with Crippen molar-refractivity contribution >= 4 is 10.1 Å². The Kier molecular flexibility index (Phi) is 12.2. The van der Waals surface area contributed by atoms with Crippen LogP contribution in [0.3, 0.4) is 0 Å². The molecule has 134 valence electrons. The molecule has 22 heavy (non-hydrogen) atoms. The van der Waals surface area contributed by atoms with Crippen molar-refractivity contribution in [2.75, 3.05) is 32.9 Å². The highest BCUT2D eigenvalue weighted by Gasteiger charge is 2.25. The monoisotopic (exact) mass is 335 g/mol. The van der Waals surface area contributed by atoms with Gasteiger partial charge in [0.2, 0.25) is 0 Å². The SMILES string of the molecule is CCCCCCCCCCC[N+]1(C)CCCC1.CS(=O)(=O)[O-]. The van der Waals surface area contributed by atoms with Crippen LogP contribution in [0.25, 0.3) is 0 Å². The van der Waals surface area contributed by atoms with Gasteiger partial charge in [0.15, 0.2) is 0 Å². The first kappa shape index (κ1) is 21.9. The van der Waals surface area contributed by atoms with E-state index in [1.165, 1.54) is 94.7 Å². The first-order valence-electron chi connectivity index (χ1n) is 9.01. The Morgan fingerprint density at radius 3 is 1.64 bits per heavy atom. The summed E-state index contributed by atoms with van der Waals surface area (Å²) in [6.07, 6.45) is 16.7. The average Bonchev–Trinajstić information content (AvgIpc) is 2.82. The summed E-state index contributed by atoms with van der Waals surface area (Å²) >= 11 is 0. The number of quaternary nitrogens is 1. The van der Waals surface area contributed by atoms with Crippen LogP contribution in [0.4, 0.5) is 0 Å². The topological polar surface area (TPSA) is 57.2 Å². The number of hydrogen-bond acceptors (Lipinski definition) is 3. The molecule has 0 amide bonds. The van der Waals surface area contributed by atoms with E-state index in [9.17, 15) is 0 Å². The van der Waals surface area contributed by atoms with Crippen molar-refractivity contribution in [2.24, 2.45) is 0 Å². The minimum absolute atomic E-state index is 0.604. The zero-order chi connectivity index (χ0) is 16.9. The molecule has 0 aromatic carbocycles.